The molecule has 0 radical (unpaired) electrons. The first-order chi connectivity index (χ1) is 7.50. The minimum Gasteiger partial charge on any atom is -0.491 e. The van der Waals surface area contributed by atoms with E-state index in [2.05, 4.69) is 27.7 Å². The fraction of sp³-hybridized carbons (Fsp3) is 0.571. The van der Waals surface area contributed by atoms with Crippen LogP contribution in [0.25, 0.3) is 0 Å². The largest absolute Gasteiger partial charge is 0.491 e. The zero-order valence-corrected chi connectivity index (χ0v) is 10.7. The molecule has 0 aliphatic rings. The van der Waals surface area contributed by atoms with Crippen molar-refractivity contribution >= 4 is 0 Å². The van der Waals surface area contributed by atoms with Crippen LogP contribution in [-0.4, -0.2) is 19.3 Å². The van der Waals surface area contributed by atoms with Crippen LogP contribution < -0.4 is 4.74 Å². The molecule has 0 aliphatic heterocycles. The Bertz CT molecular complexity index is 287. The first-order valence-corrected chi connectivity index (χ1v) is 5.79. The van der Waals surface area contributed by atoms with Crippen molar-refractivity contribution < 1.29 is 9.47 Å². The zero-order valence-electron chi connectivity index (χ0n) is 10.7. The predicted molar refractivity (Wildman–Crippen MR) is 66.8 cm³/mol. The lowest BCUT2D eigenvalue weighted by atomic mass is 9.90. The molecule has 1 aromatic carbocycles. The van der Waals surface area contributed by atoms with Crippen molar-refractivity contribution in [1.82, 2.24) is 0 Å². The van der Waals surface area contributed by atoms with Crippen molar-refractivity contribution in [2.75, 3.05) is 13.2 Å². The number of hydrogen-bond donors (Lipinski definition) is 0. The molecule has 0 fully saturated rings. The highest BCUT2D eigenvalue weighted by molar-refractivity contribution is 5.20. The molecule has 2 nitrogen and oxygen atoms in total. The molecule has 0 saturated carbocycles. The number of hydrogen-bond acceptors (Lipinski definition) is 2. The molecular weight excluding hydrogens is 200 g/mol. The van der Waals surface area contributed by atoms with Crippen molar-refractivity contribution in [3.05, 3.63) is 30.3 Å². The first-order valence-electron chi connectivity index (χ1n) is 5.79. The normalized spacial score (nSPS) is 13.5. The van der Waals surface area contributed by atoms with Gasteiger partial charge in [0.15, 0.2) is 0 Å². The highest BCUT2D eigenvalue weighted by Gasteiger charge is 2.20. The molecule has 0 heterocycles. The van der Waals surface area contributed by atoms with E-state index in [1.54, 1.807) is 0 Å². The quantitative estimate of drug-likeness (QED) is 0.710. The number of ether oxygens (including phenoxy) is 2. The zero-order chi connectivity index (χ0) is 12.0. The third kappa shape index (κ3) is 4.67. The van der Waals surface area contributed by atoms with E-state index >= 15 is 0 Å². The fourth-order valence-corrected chi connectivity index (χ4v) is 1.15. The van der Waals surface area contributed by atoms with Gasteiger partial charge in [-0.05, 0) is 24.5 Å². The summed E-state index contributed by atoms with van der Waals surface area (Å²) in [6.45, 7) is 9.86. The standard InChI is InChI=1S/C14H22O2/c1-12(14(2,3)4)15-10-11-16-13-8-6-5-7-9-13/h5-9,12H,10-11H2,1-4H3. The topological polar surface area (TPSA) is 18.5 Å². The van der Waals surface area contributed by atoms with Crippen molar-refractivity contribution in [3.63, 3.8) is 0 Å². The number of rotatable bonds is 5. The summed E-state index contributed by atoms with van der Waals surface area (Å²) in [4.78, 5) is 0. The SMILES string of the molecule is CC(OCCOc1ccccc1)C(C)(C)C. The Hall–Kier alpha value is -1.02. The number of para-hydroxylation sites is 1. The summed E-state index contributed by atoms with van der Waals surface area (Å²) >= 11 is 0. The van der Waals surface area contributed by atoms with Crippen LogP contribution in [0.2, 0.25) is 0 Å². The third-order valence-electron chi connectivity index (χ3n) is 2.68. The molecule has 1 rings (SSSR count). The minimum atomic E-state index is 0.187. The molecule has 1 atom stereocenters. The second-order valence-electron chi connectivity index (χ2n) is 5.04. The van der Waals surface area contributed by atoms with Gasteiger partial charge in [-0.3, -0.25) is 0 Å². The van der Waals surface area contributed by atoms with E-state index in [-0.39, 0.29) is 11.5 Å². The maximum Gasteiger partial charge on any atom is 0.119 e. The average molecular weight is 222 g/mol. The van der Waals surface area contributed by atoms with E-state index in [1.807, 2.05) is 30.3 Å². The molecule has 1 unspecified atom stereocenters. The van der Waals surface area contributed by atoms with Crippen LogP contribution in [0, 0.1) is 5.41 Å². The summed E-state index contributed by atoms with van der Waals surface area (Å²) in [5, 5.41) is 0. The van der Waals surface area contributed by atoms with Gasteiger partial charge < -0.3 is 9.47 Å². The molecule has 0 spiro atoms. The summed E-state index contributed by atoms with van der Waals surface area (Å²) in [5.41, 5.74) is 0.187. The third-order valence-corrected chi connectivity index (χ3v) is 2.68. The van der Waals surface area contributed by atoms with Gasteiger partial charge in [0.2, 0.25) is 0 Å². The summed E-state index contributed by atoms with van der Waals surface area (Å²) in [7, 11) is 0. The van der Waals surface area contributed by atoms with Crippen molar-refractivity contribution in [3.8, 4) is 5.75 Å². The van der Waals surface area contributed by atoms with E-state index in [0.29, 0.717) is 13.2 Å². The van der Waals surface area contributed by atoms with Gasteiger partial charge in [0.1, 0.15) is 12.4 Å². The second-order valence-corrected chi connectivity index (χ2v) is 5.04. The van der Waals surface area contributed by atoms with E-state index in [0.717, 1.165) is 5.75 Å². The Morgan fingerprint density at radius 2 is 1.69 bits per heavy atom. The van der Waals surface area contributed by atoms with Crippen LogP contribution in [0.3, 0.4) is 0 Å². The molecule has 0 aliphatic carbocycles. The summed E-state index contributed by atoms with van der Waals surface area (Å²) in [6, 6.07) is 9.81. The average Bonchev–Trinajstić information content (AvgIpc) is 2.24. The van der Waals surface area contributed by atoms with Gasteiger partial charge in [0.25, 0.3) is 0 Å². The summed E-state index contributed by atoms with van der Waals surface area (Å²) in [5.74, 6) is 0.898. The van der Waals surface area contributed by atoms with Gasteiger partial charge in [-0.1, -0.05) is 39.0 Å². The van der Waals surface area contributed by atoms with Crippen LogP contribution in [0.1, 0.15) is 27.7 Å². The molecule has 0 N–H and O–H groups in total. The van der Waals surface area contributed by atoms with Gasteiger partial charge >= 0.3 is 0 Å². The van der Waals surface area contributed by atoms with Crippen LogP contribution in [0.5, 0.6) is 5.75 Å². The molecule has 0 saturated heterocycles. The highest BCUT2D eigenvalue weighted by atomic mass is 16.5. The molecule has 2 heteroatoms. The van der Waals surface area contributed by atoms with Gasteiger partial charge in [0, 0.05) is 0 Å². The smallest absolute Gasteiger partial charge is 0.119 e. The number of benzene rings is 1. The first kappa shape index (κ1) is 13.0. The second kappa shape index (κ2) is 5.90. The van der Waals surface area contributed by atoms with Gasteiger partial charge in [-0.25, -0.2) is 0 Å². The van der Waals surface area contributed by atoms with E-state index in [1.165, 1.54) is 0 Å². The van der Waals surface area contributed by atoms with Crippen LogP contribution in [-0.2, 0) is 4.74 Å². The molecule has 0 aromatic heterocycles. The maximum absolute atomic E-state index is 5.70. The lowest BCUT2D eigenvalue weighted by Gasteiger charge is -2.27. The summed E-state index contributed by atoms with van der Waals surface area (Å²) < 4.78 is 11.2. The van der Waals surface area contributed by atoms with E-state index in [4.69, 9.17) is 9.47 Å². The van der Waals surface area contributed by atoms with Crippen molar-refractivity contribution in [2.45, 2.75) is 33.8 Å². The molecule has 90 valence electrons. The Morgan fingerprint density at radius 1 is 1.06 bits per heavy atom. The molecule has 0 amide bonds. The van der Waals surface area contributed by atoms with Crippen LogP contribution in [0.15, 0.2) is 30.3 Å². The molecule has 0 bridgehead atoms. The minimum absolute atomic E-state index is 0.187. The molecular formula is C14H22O2. The lowest BCUT2D eigenvalue weighted by molar-refractivity contribution is -0.0164. The van der Waals surface area contributed by atoms with Crippen molar-refractivity contribution in [1.29, 1.82) is 0 Å². The summed E-state index contributed by atoms with van der Waals surface area (Å²) in [6.07, 6.45) is 0.242. The van der Waals surface area contributed by atoms with Gasteiger partial charge in [-0.15, -0.1) is 0 Å². The lowest BCUT2D eigenvalue weighted by Crippen LogP contribution is -2.27. The molecule has 1 aromatic rings. The van der Waals surface area contributed by atoms with Crippen LogP contribution >= 0.6 is 0 Å². The van der Waals surface area contributed by atoms with E-state index in [9.17, 15) is 0 Å². The van der Waals surface area contributed by atoms with Crippen molar-refractivity contribution in [2.24, 2.45) is 5.41 Å². The van der Waals surface area contributed by atoms with Gasteiger partial charge in [-0.2, -0.15) is 0 Å². The Labute approximate surface area is 98.6 Å². The Morgan fingerprint density at radius 3 is 2.25 bits per heavy atom. The Balaban J connectivity index is 2.18. The van der Waals surface area contributed by atoms with Crippen LogP contribution in [0.4, 0.5) is 0 Å². The maximum atomic E-state index is 5.70. The van der Waals surface area contributed by atoms with E-state index < -0.39 is 0 Å². The Kier molecular flexibility index (Phi) is 4.81. The molecule has 16 heavy (non-hydrogen) atoms. The monoisotopic (exact) mass is 222 g/mol. The predicted octanol–water partition coefficient (Wildman–Crippen LogP) is 3.52. The fourth-order valence-electron chi connectivity index (χ4n) is 1.15. The highest BCUT2D eigenvalue weighted by Crippen LogP contribution is 2.21. The van der Waals surface area contributed by atoms with Gasteiger partial charge in [0.05, 0.1) is 12.7 Å².